The number of methoxy groups -OCH3 is 2. The van der Waals surface area contributed by atoms with Gasteiger partial charge in [0, 0.05) is 34.6 Å². The maximum absolute atomic E-state index is 5.55. The van der Waals surface area contributed by atoms with Gasteiger partial charge in [0.15, 0.2) is 17.3 Å². The van der Waals surface area contributed by atoms with E-state index < -0.39 is 0 Å². The number of hydrogen-bond acceptors (Lipinski definition) is 5. The predicted octanol–water partition coefficient (Wildman–Crippen LogP) is 5.85. The minimum absolute atomic E-state index is 0.493. The molecular weight excluding hydrogens is 430 g/mol. The molecule has 0 N–H and O–H groups in total. The lowest BCUT2D eigenvalue weighted by Crippen LogP contribution is -2.34. The number of anilines is 1. The first-order valence-corrected chi connectivity index (χ1v) is 10.8. The van der Waals surface area contributed by atoms with Crippen molar-refractivity contribution in [1.29, 1.82) is 0 Å². The Hall–Kier alpha value is -2.34. The van der Waals surface area contributed by atoms with E-state index >= 15 is 0 Å². The molecule has 152 valence electrons. The molecule has 1 fully saturated rings. The highest BCUT2D eigenvalue weighted by molar-refractivity contribution is 9.10. The number of hydrogen-bond donors (Lipinski definition) is 0. The molecular formula is C23H26BrN3O2. The van der Waals surface area contributed by atoms with Crippen molar-refractivity contribution in [2.24, 2.45) is 0 Å². The molecule has 0 unspecified atom stereocenters. The fourth-order valence-corrected chi connectivity index (χ4v) is 4.34. The average molecular weight is 456 g/mol. The van der Waals surface area contributed by atoms with Crippen LogP contribution in [-0.4, -0.2) is 37.3 Å². The second kappa shape index (κ2) is 8.57. The highest BCUT2D eigenvalue weighted by atomic mass is 79.9. The summed E-state index contributed by atoms with van der Waals surface area (Å²) in [4.78, 5) is 12.2. The van der Waals surface area contributed by atoms with Gasteiger partial charge >= 0.3 is 0 Å². The van der Waals surface area contributed by atoms with E-state index in [0.717, 1.165) is 32.6 Å². The van der Waals surface area contributed by atoms with Gasteiger partial charge in [-0.3, -0.25) is 0 Å². The molecule has 6 heteroatoms. The fourth-order valence-electron chi connectivity index (χ4n) is 4.08. The van der Waals surface area contributed by atoms with Gasteiger partial charge in [-0.15, -0.1) is 0 Å². The summed E-state index contributed by atoms with van der Waals surface area (Å²) >= 11 is 3.50. The first kappa shape index (κ1) is 20.0. The number of rotatable bonds is 5. The molecule has 3 aromatic rings. The summed E-state index contributed by atoms with van der Waals surface area (Å²) in [5, 5.41) is 0.983. The van der Waals surface area contributed by atoms with E-state index in [-0.39, 0.29) is 0 Å². The normalized spacial score (nSPS) is 14.8. The van der Waals surface area contributed by atoms with Crippen LogP contribution in [0.25, 0.3) is 22.3 Å². The number of fused-ring (bicyclic) bond motifs is 1. The number of nitrogens with zero attached hydrogens (tertiary/aromatic N) is 3. The van der Waals surface area contributed by atoms with Crippen LogP contribution < -0.4 is 14.4 Å². The molecule has 5 nitrogen and oxygen atoms in total. The minimum atomic E-state index is 0.493. The largest absolute Gasteiger partial charge is 0.493 e. The average Bonchev–Trinajstić information content (AvgIpc) is 2.78. The van der Waals surface area contributed by atoms with Crippen LogP contribution in [0.15, 0.2) is 40.9 Å². The van der Waals surface area contributed by atoms with E-state index in [1.165, 1.54) is 32.1 Å². The van der Waals surface area contributed by atoms with Gasteiger partial charge in [-0.1, -0.05) is 47.3 Å². The van der Waals surface area contributed by atoms with Crippen LogP contribution in [0.3, 0.4) is 0 Å². The maximum Gasteiger partial charge on any atom is 0.162 e. The third kappa shape index (κ3) is 4.04. The number of aromatic nitrogens is 2. The Labute approximate surface area is 180 Å². The van der Waals surface area contributed by atoms with Crippen molar-refractivity contribution in [1.82, 2.24) is 9.97 Å². The molecule has 29 heavy (non-hydrogen) atoms. The Balaban J connectivity index is 1.90. The monoisotopic (exact) mass is 455 g/mol. The van der Waals surface area contributed by atoms with Crippen LogP contribution in [0.5, 0.6) is 11.5 Å². The van der Waals surface area contributed by atoms with Crippen molar-refractivity contribution in [3.05, 3.63) is 40.9 Å². The van der Waals surface area contributed by atoms with Gasteiger partial charge < -0.3 is 14.4 Å². The standard InChI is InChI=1S/C23H26BrN3O2/c1-27(17-7-5-4-6-8-17)23-18-13-20(28-2)21(29-3)14-19(18)25-22(26-23)15-9-11-16(24)12-10-15/h9-14,17H,4-8H2,1-3H3. The van der Waals surface area contributed by atoms with E-state index in [1.807, 2.05) is 36.4 Å². The summed E-state index contributed by atoms with van der Waals surface area (Å²) in [5.74, 6) is 3.03. The summed E-state index contributed by atoms with van der Waals surface area (Å²) in [6.45, 7) is 0. The van der Waals surface area contributed by atoms with Crippen LogP contribution in [-0.2, 0) is 0 Å². The van der Waals surface area contributed by atoms with Crippen LogP contribution in [0.1, 0.15) is 32.1 Å². The summed E-state index contributed by atoms with van der Waals surface area (Å²) in [6.07, 6.45) is 6.26. The molecule has 0 atom stereocenters. The molecule has 0 amide bonds. The van der Waals surface area contributed by atoms with E-state index in [4.69, 9.17) is 19.4 Å². The molecule has 0 aliphatic heterocycles. The van der Waals surface area contributed by atoms with Gasteiger partial charge in [0.2, 0.25) is 0 Å². The summed E-state index contributed by atoms with van der Waals surface area (Å²) < 4.78 is 12.1. The topological polar surface area (TPSA) is 47.5 Å². The molecule has 2 aromatic carbocycles. The zero-order valence-corrected chi connectivity index (χ0v) is 18.7. The Kier molecular flexibility index (Phi) is 5.90. The number of halogens is 1. The smallest absolute Gasteiger partial charge is 0.162 e. The van der Waals surface area contributed by atoms with Gasteiger partial charge in [-0.25, -0.2) is 9.97 Å². The van der Waals surface area contributed by atoms with Crippen molar-refractivity contribution >= 4 is 32.7 Å². The molecule has 0 spiro atoms. The van der Waals surface area contributed by atoms with Gasteiger partial charge in [0.1, 0.15) is 5.82 Å². The third-order valence-corrected chi connectivity index (χ3v) is 6.27. The maximum atomic E-state index is 5.55. The zero-order chi connectivity index (χ0) is 20.4. The van der Waals surface area contributed by atoms with Crippen molar-refractivity contribution in [3.63, 3.8) is 0 Å². The van der Waals surface area contributed by atoms with Gasteiger partial charge in [-0.05, 0) is 31.0 Å². The molecule has 0 saturated heterocycles. The van der Waals surface area contributed by atoms with Crippen molar-refractivity contribution in [2.75, 3.05) is 26.2 Å². The summed E-state index contributed by atoms with van der Waals surface area (Å²) in [6, 6.07) is 12.5. The highest BCUT2D eigenvalue weighted by Crippen LogP contribution is 2.37. The van der Waals surface area contributed by atoms with Crippen molar-refractivity contribution < 1.29 is 9.47 Å². The molecule has 0 bridgehead atoms. The van der Waals surface area contributed by atoms with Gasteiger partial charge in [0.05, 0.1) is 19.7 Å². The van der Waals surface area contributed by atoms with Crippen LogP contribution in [0.4, 0.5) is 5.82 Å². The predicted molar refractivity (Wildman–Crippen MR) is 121 cm³/mol. The molecule has 1 heterocycles. The number of benzene rings is 2. The lowest BCUT2D eigenvalue weighted by atomic mass is 9.94. The molecule has 4 rings (SSSR count). The summed E-state index contributed by atoms with van der Waals surface area (Å²) in [7, 11) is 5.46. The number of ether oxygens (including phenoxy) is 2. The van der Waals surface area contributed by atoms with E-state index in [0.29, 0.717) is 17.5 Å². The molecule has 0 radical (unpaired) electrons. The van der Waals surface area contributed by atoms with Gasteiger partial charge in [-0.2, -0.15) is 0 Å². The van der Waals surface area contributed by atoms with Crippen LogP contribution >= 0.6 is 15.9 Å². The molecule has 1 aliphatic carbocycles. The first-order valence-electron chi connectivity index (χ1n) is 10.0. The van der Waals surface area contributed by atoms with Crippen LogP contribution in [0, 0.1) is 0 Å². The Morgan fingerprint density at radius 2 is 1.59 bits per heavy atom. The second-order valence-corrected chi connectivity index (χ2v) is 8.42. The molecule has 1 aliphatic rings. The Morgan fingerprint density at radius 3 is 2.24 bits per heavy atom. The van der Waals surface area contributed by atoms with E-state index in [1.54, 1.807) is 14.2 Å². The van der Waals surface area contributed by atoms with E-state index in [2.05, 4.69) is 27.9 Å². The zero-order valence-electron chi connectivity index (χ0n) is 17.1. The first-order chi connectivity index (χ1) is 14.1. The molecule has 1 saturated carbocycles. The minimum Gasteiger partial charge on any atom is -0.493 e. The second-order valence-electron chi connectivity index (χ2n) is 7.50. The lowest BCUT2D eigenvalue weighted by molar-refractivity contribution is 0.355. The Morgan fingerprint density at radius 1 is 0.931 bits per heavy atom. The molecule has 1 aromatic heterocycles. The highest BCUT2D eigenvalue weighted by Gasteiger charge is 2.23. The third-order valence-electron chi connectivity index (χ3n) is 5.74. The van der Waals surface area contributed by atoms with Crippen molar-refractivity contribution in [2.45, 2.75) is 38.1 Å². The van der Waals surface area contributed by atoms with Crippen molar-refractivity contribution in [3.8, 4) is 22.9 Å². The fraction of sp³-hybridized carbons (Fsp3) is 0.391. The lowest BCUT2D eigenvalue weighted by Gasteiger charge is -2.33. The quantitative estimate of drug-likeness (QED) is 0.482. The summed E-state index contributed by atoms with van der Waals surface area (Å²) in [5.41, 5.74) is 1.84. The van der Waals surface area contributed by atoms with Gasteiger partial charge in [0.25, 0.3) is 0 Å². The van der Waals surface area contributed by atoms with E-state index in [9.17, 15) is 0 Å². The Bertz CT molecular complexity index is 1000. The van der Waals surface area contributed by atoms with Crippen LogP contribution in [0.2, 0.25) is 0 Å². The SMILES string of the molecule is COc1cc2nc(-c3ccc(Br)cc3)nc(N(C)C3CCCCC3)c2cc1OC.